The number of carboxylic acids is 1. The normalized spacial score (nSPS) is 12.3. The van der Waals surface area contributed by atoms with Crippen LogP contribution in [0.2, 0.25) is 0 Å². The second-order valence-electron chi connectivity index (χ2n) is 5.13. The van der Waals surface area contributed by atoms with E-state index in [0.29, 0.717) is 16.5 Å². The van der Waals surface area contributed by atoms with Crippen molar-refractivity contribution >= 4 is 28.6 Å². The first-order valence-electron chi connectivity index (χ1n) is 6.65. The number of nitro benzene ring substituents is 1. The van der Waals surface area contributed by atoms with Gasteiger partial charge in [0.1, 0.15) is 11.6 Å². The van der Waals surface area contributed by atoms with Gasteiger partial charge < -0.3 is 15.4 Å². The van der Waals surface area contributed by atoms with Crippen molar-refractivity contribution < 1.29 is 14.8 Å². The third kappa shape index (κ3) is 2.35. The molecule has 1 unspecified atom stereocenters. The maximum Gasteiger partial charge on any atom is 0.320 e. The minimum atomic E-state index is -1.11. The number of nitrogens with zero attached hydrogens (tertiary/aromatic N) is 2. The van der Waals surface area contributed by atoms with Gasteiger partial charge in [0.05, 0.1) is 4.92 Å². The Morgan fingerprint density at radius 1 is 1.59 bits per heavy atom. The zero-order valence-electron chi connectivity index (χ0n) is 12.4. The van der Waals surface area contributed by atoms with E-state index in [-0.39, 0.29) is 12.1 Å². The molecule has 0 aliphatic carbocycles. The summed E-state index contributed by atoms with van der Waals surface area (Å²) in [6, 6.07) is 1.98. The van der Waals surface area contributed by atoms with Crippen molar-refractivity contribution in [2.75, 3.05) is 0 Å². The molecule has 0 fully saturated rings. The van der Waals surface area contributed by atoms with Crippen LogP contribution >= 0.6 is 0 Å². The summed E-state index contributed by atoms with van der Waals surface area (Å²) in [5.41, 5.74) is 8.24. The Bertz CT molecular complexity index is 792. The van der Waals surface area contributed by atoms with Crippen molar-refractivity contribution in [2.45, 2.75) is 19.4 Å². The number of fused-ring (bicyclic) bond motifs is 1. The van der Waals surface area contributed by atoms with Crippen molar-refractivity contribution in [3.05, 3.63) is 45.6 Å². The fraction of sp³-hybridized carbons (Fsp3) is 0.267. The van der Waals surface area contributed by atoms with E-state index in [0.717, 1.165) is 11.3 Å². The summed E-state index contributed by atoms with van der Waals surface area (Å²) in [4.78, 5) is 21.8. The molecule has 0 aliphatic rings. The zero-order chi connectivity index (χ0) is 16.6. The molecule has 0 radical (unpaired) electrons. The van der Waals surface area contributed by atoms with Gasteiger partial charge in [-0.05, 0) is 24.1 Å². The topological polar surface area (TPSA) is 111 Å². The maximum atomic E-state index is 11.3. The Morgan fingerprint density at radius 2 is 2.23 bits per heavy atom. The van der Waals surface area contributed by atoms with Crippen LogP contribution in [0.5, 0.6) is 0 Å². The molecule has 22 heavy (non-hydrogen) atoms. The SMILES string of the molecule is C=Cc1ccc([N+](=O)[O-])c2c1c(CC(N)C(=O)O)c(C)n2C. The first-order chi connectivity index (χ1) is 10.3. The number of aliphatic carboxylic acids is 1. The van der Waals surface area contributed by atoms with Crippen LogP contribution in [-0.4, -0.2) is 26.6 Å². The third-order valence-electron chi connectivity index (χ3n) is 3.92. The third-order valence-corrected chi connectivity index (χ3v) is 3.92. The summed E-state index contributed by atoms with van der Waals surface area (Å²) >= 11 is 0. The van der Waals surface area contributed by atoms with Crippen molar-refractivity contribution in [2.24, 2.45) is 12.8 Å². The van der Waals surface area contributed by atoms with Gasteiger partial charge in [0.25, 0.3) is 5.69 Å². The van der Waals surface area contributed by atoms with E-state index in [1.165, 1.54) is 6.07 Å². The molecule has 0 saturated carbocycles. The molecular formula is C15H17N3O4. The lowest BCUT2D eigenvalue weighted by Gasteiger charge is -2.08. The van der Waals surface area contributed by atoms with Crippen LogP contribution in [0, 0.1) is 17.0 Å². The zero-order valence-corrected chi connectivity index (χ0v) is 12.4. The largest absolute Gasteiger partial charge is 0.480 e. The molecule has 2 rings (SSSR count). The first kappa shape index (κ1) is 15.7. The molecule has 0 bridgehead atoms. The van der Waals surface area contributed by atoms with Gasteiger partial charge in [0, 0.05) is 30.6 Å². The molecule has 0 spiro atoms. The van der Waals surface area contributed by atoms with Gasteiger partial charge >= 0.3 is 5.97 Å². The summed E-state index contributed by atoms with van der Waals surface area (Å²) < 4.78 is 1.70. The second-order valence-corrected chi connectivity index (χ2v) is 5.13. The van der Waals surface area contributed by atoms with Crippen LogP contribution in [0.4, 0.5) is 5.69 Å². The molecule has 0 aliphatic heterocycles. The van der Waals surface area contributed by atoms with Crippen molar-refractivity contribution in [1.29, 1.82) is 0 Å². The molecule has 2 aromatic rings. The van der Waals surface area contributed by atoms with Crippen LogP contribution in [0.1, 0.15) is 16.8 Å². The molecule has 7 heteroatoms. The van der Waals surface area contributed by atoms with Crippen molar-refractivity contribution in [1.82, 2.24) is 4.57 Å². The van der Waals surface area contributed by atoms with Gasteiger partial charge in [-0.15, -0.1) is 0 Å². The van der Waals surface area contributed by atoms with Gasteiger partial charge in [0.15, 0.2) is 0 Å². The average molecular weight is 303 g/mol. The fourth-order valence-electron chi connectivity index (χ4n) is 2.68. The van der Waals surface area contributed by atoms with E-state index in [9.17, 15) is 14.9 Å². The molecule has 116 valence electrons. The smallest absolute Gasteiger partial charge is 0.320 e. The van der Waals surface area contributed by atoms with E-state index in [4.69, 9.17) is 10.8 Å². The molecule has 0 amide bonds. The Labute approximate surface area is 126 Å². The van der Waals surface area contributed by atoms with E-state index in [2.05, 4.69) is 6.58 Å². The van der Waals surface area contributed by atoms with Gasteiger partial charge in [-0.2, -0.15) is 0 Å². The molecule has 7 nitrogen and oxygen atoms in total. The van der Waals surface area contributed by atoms with Crippen LogP contribution in [0.15, 0.2) is 18.7 Å². The van der Waals surface area contributed by atoms with Crippen LogP contribution < -0.4 is 5.73 Å². The first-order valence-corrected chi connectivity index (χ1v) is 6.65. The lowest BCUT2D eigenvalue weighted by molar-refractivity contribution is -0.383. The maximum absolute atomic E-state index is 11.3. The molecule has 3 N–H and O–H groups in total. The number of nitro groups is 1. The fourth-order valence-corrected chi connectivity index (χ4v) is 2.68. The second kappa shape index (κ2) is 5.61. The number of nitrogens with two attached hydrogens (primary N) is 1. The van der Waals surface area contributed by atoms with E-state index in [1.807, 2.05) is 0 Å². The molecular weight excluding hydrogens is 286 g/mol. The molecule has 1 aromatic carbocycles. The lowest BCUT2D eigenvalue weighted by atomic mass is 9.99. The number of benzene rings is 1. The standard InChI is InChI=1S/C15H17N3O4/c1-4-9-5-6-12(18(21)22)14-13(9)10(8(2)17(14)3)7-11(16)15(19)20/h4-6,11H,1,7,16H2,2-3H3,(H,19,20). The quantitative estimate of drug-likeness (QED) is 0.648. The van der Waals surface area contributed by atoms with E-state index < -0.39 is 16.9 Å². The summed E-state index contributed by atoms with van der Waals surface area (Å²) in [5, 5.41) is 20.9. The number of hydrogen-bond acceptors (Lipinski definition) is 4. The summed E-state index contributed by atoms with van der Waals surface area (Å²) in [6.45, 7) is 5.52. The molecule has 0 saturated heterocycles. The van der Waals surface area contributed by atoms with Gasteiger partial charge in [-0.3, -0.25) is 14.9 Å². The highest BCUT2D eigenvalue weighted by molar-refractivity contribution is 5.98. The van der Waals surface area contributed by atoms with Crippen LogP contribution in [0.3, 0.4) is 0 Å². The molecule has 1 atom stereocenters. The summed E-state index contributed by atoms with van der Waals surface area (Å²) in [6.07, 6.45) is 1.70. The number of rotatable bonds is 5. The van der Waals surface area contributed by atoms with Gasteiger partial charge in [0.2, 0.25) is 0 Å². The van der Waals surface area contributed by atoms with E-state index in [1.54, 1.807) is 30.7 Å². The minimum absolute atomic E-state index is 0.0265. The highest BCUT2D eigenvalue weighted by Gasteiger charge is 2.25. The number of hydrogen-bond donors (Lipinski definition) is 2. The van der Waals surface area contributed by atoms with E-state index >= 15 is 0 Å². The van der Waals surface area contributed by atoms with Gasteiger partial charge in [-0.1, -0.05) is 12.7 Å². The average Bonchev–Trinajstić information content (AvgIpc) is 2.71. The lowest BCUT2D eigenvalue weighted by Crippen LogP contribution is -2.32. The Hall–Kier alpha value is -2.67. The summed E-state index contributed by atoms with van der Waals surface area (Å²) in [7, 11) is 1.72. The van der Waals surface area contributed by atoms with Crippen molar-refractivity contribution in [3.8, 4) is 0 Å². The number of aryl methyl sites for hydroxylation is 1. The predicted octanol–water partition coefficient (Wildman–Crippen LogP) is 1.99. The number of non-ortho nitro benzene ring substituents is 1. The number of aromatic nitrogens is 1. The number of carboxylic acid groups (broad SMARTS) is 1. The molecule has 1 aromatic heterocycles. The highest BCUT2D eigenvalue weighted by atomic mass is 16.6. The monoisotopic (exact) mass is 303 g/mol. The number of carbonyl (C=O) groups is 1. The predicted molar refractivity (Wildman–Crippen MR) is 83.7 cm³/mol. The van der Waals surface area contributed by atoms with Gasteiger partial charge in [-0.25, -0.2) is 0 Å². The molecule has 1 heterocycles. The summed E-state index contributed by atoms with van der Waals surface area (Å²) in [5.74, 6) is -1.11. The van der Waals surface area contributed by atoms with Crippen molar-refractivity contribution in [3.63, 3.8) is 0 Å². The van der Waals surface area contributed by atoms with Crippen LogP contribution in [0.25, 0.3) is 17.0 Å². The highest BCUT2D eigenvalue weighted by Crippen LogP contribution is 2.35. The minimum Gasteiger partial charge on any atom is -0.480 e. The Morgan fingerprint density at radius 3 is 2.73 bits per heavy atom. The Kier molecular flexibility index (Phi) is 4.01. The van der Waals surface area contributed by atoms with Crippen LogP contribution in [-0.2, 0) is 18.3 Å². The Balaban J connectivity index is 2.84.